The molecular formula is C16H14N2O3. The quantitative estimate of drug-likeness (QED) is 0.527. The van der Waals surface area contributed by atoms with Gasteiger partial charge >= 0.3 is 0 Å². The number of hydrogen-bond acceptors (Lipinski definition) is 3. The fraction of sp³-hybridized carbons (Fsp3) is 0.0625. The molecule has 0 aromatic heterocycles. The fourth-order valence-corrected chi connectivity index (χ4v) is 1.82. The van der Waals surface area contributed by atoms with Gasteiger partial charge in [-0.3, -0.25) is 14.9 Å². The summed E-state index contributed by atoms with van der Waals surface area (Å²) in [5.74, 6) is -0.119. The molecule has 2 rings (SSSR count). The highest BCUT2D eigenvalue weighted by molar-refractivity contribution is 5.89. The molecule has 1 N–H and O–H groups in total. The number of carbonyl (C=O) groups is 1. The van der Waals surface area contributed by atoms with E-state index >= 15 is 0 Å². The van der Waals surface area contributed by atoms with E-state index in [-0.39, 0.29) is 11.6 Å². The minimum Gasteiger partial charge on any atom is -0.326 e. The number of amides is 1. The number of nitrogens with zero attached hydrogens (tertiary/aromatic N) is 1. The van der Waals surface area contributed by atoms with Crippen molar-refractivity contribution < 1.29 is 9.72 Å². The van der Waals surface area contributed by atoms with Gasteiger partial charge in [0.1, 0.15) is 0 Å². The molecule has 0 spiro atoms. The van der Waals surface area contributed by atoms with Crippen molar-refractivity contribution in [2.75, 3.05) is 5.32 Å². The smallest absolute Gasteiger partial charge is 0.269 e. The van der Waals surface area contributed by atoms with Crippen LogP contribution in [0.2, 0.25) is 0 Å². The Balaban J connectivity index is 2.13. The van der Waals surface area contributed by atoms with Crippen molar-refractivity contribution in [1.82, 2.24) is 0 Å². The van der Waals surface area contributed by atoms with E-state index < -0.39 is 4.92 Å². The van der Waals surface area contributed by atoms with Crippen LogP contribution < -0.4 is 5.32 Å². The Hall–Kier alpha value is -2.95. The highest BCUT2D eigenvalue weighted by Gasteiger charge is 2.02. The summed E-state index contributed by atoms with van der Waals surface area (Å²) < 4.78 is 0. The van der Waals surface area contributed by atoms with E-state index in [1.54, 1.807) is 12.1 Å². The van der Waals surface area contributed by atoms with Gasteiger partial charge in [0, 0.05) is 24.7 Å². The maximum Gasteiger partial charge on any atom is 0.269 e. The van der Waals surface area contributed by atoms with E-state index in [2.05, 4.69) is 5.32 Å². The summed E-state index contributed by atoms with van der Waals surface area (Å²) in [4.78, 5) is 21.2. The van der Waals surface area contributed by atoms with Crippen LogP contribution in [0.1, 0.15) is 18.1 Å². The van der Waals surface area contributed by atoms with Gasteiger partial charge in [-0.25, -0.2) is 0 Å². The number of hydrogen-bond donors (Lipinski definition) is 1. The topological polar surface area (TPSA) is 72.2 Å². The third-order valence-corrected chi connectivity index (χ3v) is 2.78. The number of nitro groups is 1. The zero-order valence-electron chi connectivity index (χ0n) is 11.4. The molecule has 21 heavy (non-hydrogen) atoms. The molecule has 0 fully saturated rings. The zero-order valence-corrected chi connectivity index (χ0v) is 11.4. The summed E-state index contributed by atoms with van der Waals surface area (Å²) in [5, 5.41) is 13.3. The molecule has 0 heterocycles. The van der Waals surface area contributed by atoms with Crippen LogP contribution in [0, 0.1) is 10.1 Å². The lowest BCUT2D eigenvalue weighted by Gasteiger charge is -2.02. The maximum absolute atomic E-state index is 11.0. The van der Waals surface area contributed by atoms with Crippen LogP contribution in [-0.4, -0.2) is 10.8 Å². The number of anilines is 1. The van der Waals surface area contributed by atoms with Gasteiger partial charge in [0.05, 0.1) is 4.92 Å². The predicted molar refractivity (Wildman–Crippen MR) is 82.8 cm³/mol. The maximum atomic E-state index is 11.0. The van der Waals surface area contributed by atoms with Gasteiger partial charge in [-0.15, -0.1) is 0 Å². The number of carbonyl (C=O) groups excluding carboxylic acids is 1. The van der Waals surface area contributed by atoms with Crippen molar-refractivity contribution in [2.24, 2.45) is 0 Å². The molecule has 1 amide bonds. The SMILES string of the molecule is CC(=O)Nc1cccc(/C=C/c2ccc([N+](=O)[O-])cc2)c1. The number of non-ortho nitro benzene ring substituents is 1. The molecule has 0 unspecified atom stereocenters. The first-order chi connectivity index (χ1) is 10.0. The molecule has 5 nitrogen and oxygen atoms in total. The zero-order chi connectivity index (χ0) is 15.2. The van der Waals surface area contributed by atoms with Crippen LogP contribution >= 0.6 is 0 Å². The van der Waals surface area contributed by atoms with Gasteiger partial charge < -0.3 is 5.32 Å². The molecule has 2 aromatic carbocycles. The first kappa shape index (κ1) is 14.5. The second-order valence-electron chi connectivity index (χ2n) is 4.49. The van der Waals surface area contributed by atoms with E-state index in [9.17, 15) is 14.9 Å². The van der Waals surface area contributed by atoms with Crippen molar-refractivity contribution in [3.8, 4) is 0 Å². The molecule has 0 aliphatic rings. The van der Waals surface area contributed by atoms with Crippen LogP contribution in [0.4, 0.5) is 11.4 Å². The Labute approximate surface area is 122 Å². The van der Waals surface area contributed by atoms with E-state index in [0.29, 0.717) is 0 Å². The van der Waals surface area contributed by atoms with Gasteiger partial charge in [-0.05, 0) is 35.4 Å². The second-order valence-corrected chi connectivity index (χ2v) is 4.49. The third kappa shape index (κ3) is 4.28. The van der Waals surface area contributed by atoms with Gasteiger partial charge in [0.25, 0.3) is 5.69 Å². The molecular weight excluding hydrogens is 268 g/mol. The van der Waals surface area contributed by atoms with E-state index in [1.807, 2.05) is 36.4 Å². The van der Waals surface area contributed by atoms with E-state index in [1.165, 1.54) is 19.1 Å². The second kappa shape index (κ2) is 6.47. The Morgan fingerprint density at radius 2 is 1.76 bits per heavy atom. The Morgan fingerprint density at radius 1 is 1.10 bits per heavy atom. The molecule has 0 aliphatic heterocycles. The summed E-state index contributed by atoms with van der Waals surface area (Å²) in [6.07, 6.45) is 3.74. The Kier molecular flexibility index (Phi) is 4.46. The standard InChI is InChI=1S/C16H14N2O3/c1-12(19)17-15-4-2-3-14(11-15)6-5-13-7-9-16(10-8-13)18(20)21/h2-11H,1H3,(H,17,19)/b6-5+. The van der Waals surface area contributed by atoms with Gasteiger partial charge in [-0.2, -0.15) is 0 Å². The molecule has 0 saturated carbocycles. The van der Waals surface area contributed by atoms with Crippen LogP contribution in [0.5, 0.6) is 0 Å². The highest BCUT2D eigenvalue weighted by atomic mass is 16.6. The van der Waals surface area contributed by atoms with Gasteiger partial charge in [0.15, 0.2) is 0 Å². The average Bonchev–Trinajstić information content (AvgIpc) is 2.45. The number of nitro benzene ring substituents is 1. The molecule has 2 aromatic rings. The van der Waals surface area contributed by atoms with Gasteiger partial charge in [-0.1, -0.05) is 24.3 Å². The van der Waals surface area contributed by atoms with Crippen molar-refractivity contribution in [2.45, 2.75) is 6.92 Å². The van der Waals surface area contributed by atoms with E-state index in [4.69, 9.17) is 0 Å². The lowest BCUT2D eigenvalue weighted by molar-refractivity contribution is -0.384. The first-order valence-electron chi connectivity index (χ1n) is 6.35. The Morgan fingerprint density at radius 3 is 2.38 bits per heavy atom. The fourth-order valence-electron chi connectivity index (χ4n) is 1.82. The summed E-state index contributed by atoms with van der Waals surface area (Å²) in [5.41, 5.74) is 2.60. The predicted octanol–water partition coefficient (Wildman–Crippen LogP) is 3.72. The minimum absolute atomic E-state index is 0.0693. The van der Waals surface area contributed by atoms with Crippen LogP contribution in [-0.2, 0) is 4.79 Å². The molecule has 0 radical (unpaired) electrons. The summed E-state index contributed by atoms with van der Waals surface area (Å²) in [6, 6.07) is 13.7. The first-order valence-corrected chi connectivity index (χ1v) is 6.35. The molecule has 106 valence electrons. The monoisotopic (exact) mass is 282 g/mol. The minimum atomic E-state index is -0.426. The largest absolute Gasteiger partial charge is 0.326 e. The molecule has 5 heteroatoms. The van der Waals surface area contributed by atoms with Crippen molar-refractivity contribution in [3.05, 3.63) is 69.8 Å². The van der Waals surface area contributed by atoms with Crippen LogP contribution in [0.25, 0.3) is 12.2 Å². The van der Waals surface area contributed by atoms with E-state index in [0.717, 1.165) is 16.8 Å². The summed E-state index contributed by atoms with van der Waals surface area (Å²) in [6.45, 7) is 1.46. The van der Waals surface area contributed by atoms with Crippen molar-refractivity contribution >= 4 is 29.4 Å². The average molecular weight is 282 g/mol. The van der Waals surface area contributed by atoms with Crippen LogP contribution in [0.15, 0.2) is 48.5 Å². The van der Waals surface area contributed by atoms with Crippen molar-refractivity contribution in [1.29, 1.82) is 0 Å². The van der Waals surface area contributed by atoms with Gasteiger partial charge in [0.2, 0.25) is 5.91 Å². The molecule has 0 atom stereocenters. The normalized spacial score (nSPS) is 10.5. The lowest BCUT2D eigenvalue weighted by atomic mass is 10.1. The number of benzene rings is 2. The Bertz CT molecular complexity index is 691. The number of nitrogens with one attached hydrogen (secondary N) is 1. The van der Waals surface area contributed by atoms with Crippen molar-refractivity contribution in [3.63, 3.8) is 0 Å². The summed E-state index contributed by atoms with van der Waals surface area (Å²) >= 11 is 0. The molecule has 0 saturated heterocycles. The highest BCUT2D eigenvalue weighted by Crippen LogP contribution is 2.16. The summed E-state index contributed by atoms with van der Waals surface area (Å²) in [7, 11) is 0. The third-order valence-electron chi connectivity index (χ3n) is 2.78. The van der Waals surface area contributed by atoms with Crippen LogP contribution in [0.3, 0.4) is 0 Å². The molecule has 0 aliphatic carbocycles. The lowest BCUT2D eigenvalue weighted by Crippen LogP contribution is -2.05. The number of rotatable bonds is 4. The molecule has 0 bridgehead atoms.